The Morgan fingerprint density at radius 3 is 2.21 bits per heavy atom. The zero-order valence-electron chi connectivity index (χ0n) is 22.2. The van der Waals surface area contributed by atoms with Crippen molar-refractivity contribution in [3.8, 4) is 17.1 Å². The highest BCUT2D eigenvalue weighted by atomic mass is 15.2. The molecule has 7 aromatic rings. The lowest BCUT2D eigenvalue weighted by molar-refractivity contribution is 0.591. The first-order chi connectivity index (χ1) is 18.4. The molecule has 3 heterocycles. The molecule has 0 atom stereocenters. The first-order valence-corrected chi connectivity index (χ1v) is 13.3. The molecular weight excluding hydrogens is 464 g/mol. The molecule has 0 fully saturated rings. The number of aryl methyl sites for hydroxylation is 1. The maximum Gasteiger partial charge on any atom is 0.168 e. The van der Waals surface area contributed by atoms with Crippen LogP contribution in [0, 0.1) is 0 Å². The standard InChI is InChI=1S/C34H30N4/c1-5-22-10-16-30-28(20-22)29-21-25(34(2,3)4)13-17-31(29)38(30)26-14-11-24(12-15-26)32-35-36-33-27-9-7-6-8-23(27)18-19-37(32)33/h6-21H,5H2,1-4H3. The van der Waals surface area contributed by atoms with Crippen molar-refractivity contribution in [2.24, 2.45) is 0 Å². The van der Waals surface area contributed by atoms with E-state index in [1.165, 1.54) is 38.3 Å². The molecule has 0 amide bonds. The number of nitrogens with zero attached hydrogens (tertiary/aromatic N) is 4. The van der Waals surface area contributed by atoms with Crippen LogP contribution in [0.4, 0.5) is 0 Å². The molecule has 4 nitrogen and oxygen atoms in total. The number of pyridine rings is 1. The van der Waals surface area contributed by atoms with Gasteiger partial charge >= 0.3 is 0 Å². The van der Waals surface area contributed by atoms with Crippen LogP contribution in [-0.2, 0) is 11.8 Å². The summed E-state index contributed by atoms with van der Waals surface area (Å²) in [6, 6.07) is 33.0. The fraction of sp³-hybridized carbons (Fsp3) is 0.176. The molecule has 3 aromatic heterocycles. The first-order valence-electron chi connectivity index (χ1n) is 13.3. The Bertz CT molecular complexity index is 1980. The molecule has 4 aromatic carbocycles. The minimum absolute atomic E-state index is 0.0962. The predicted molar refractivity (Wildman–Crippen MR) is 158 cm³/mol. The van der Waals surface area contributed by atoms with Gasteiger partial charge in [-0.25, -0.2) is 0 Å². The zero-order valence-corrected chi connectivity index (χ0v) is 22.2. The molecule has 0 radical (unpaired) electrons. The van der Waals surface area contributed by atoms with Gasteiger partial charge in [-0.1, -0.05) is 64.1 Å². The van der Waals surface area contributed by atoms with E-state index in [0.29, 0.717) is 0 Å². The van der Waals surface area contributed by atoms with Crippen LogP contribution in [-0.4, -0.2) is 19.2 Å². The van der Waals surface area contributed by atoms with Crippen LogP contribution in [0.1, 0.15) is 38.8 Å². The van der Waals surface area contributed by atoms with Crippen LogP contribution in [0.15, 0.2) is 97.2 Å². The fourth-order valence-corrected chi connectivity index (χ4v) is 5.61. The van der Waals surface area contributed by atoms with Gasteiger partial charge in [0.05, 0.1) is 11.0 Å². The summed E-state index contributed by atoms with van der Waals surface area (Å²) in [5, 5.41) is 14.0. The Hall–Kier alpha value is -4.44. The zero-order chi connectivity index (χ0) is 26.0. The van der Waals surface area contributed by atoms with Gasteiger partial charge < -0.3 is 4.57 Å². The maximum absolute atomic E-state index is 4.57. The van der Waals surface area contributed by atoms with Crippen LogP contribution in [0.2, 0.25) is 0 Å². The second-order valence-corrected chi connectivity index (χ2v) is 11.2. The van der Waals surface area contributed by atoms with Gasteiger partial charge in [-0.05, 0) is 82.9 Å². The van der Waals surface area contributed by atoms with Gasteiger partial charge in [0.15, 0.2) is 11.5 Å². The summed E-state index contributed by atoms with van der Waals surface area (Å²) in [5.41, 5.74) is 8.34. The van der Waals surface area contributed by atoms with Crippen molar-refractivity contribution < 1.29 is 0 Å². The van der Waals surface area contributed by atoms with E-state index >= 15 is 0 Å². The Labute approximate surface area is 222 Å². The average molecular weight is 495 g/mol. The largest absolute Gasteiger partial charge is 0.309 e. The van der Waals surface area contributed by atoms with Gasteiger partial charge in [-0.2, -0.15) is 0 Å². The van der Waals surface area contributed by atoms with Crippen molar-refractivity contribution in [2.75, 3.05) is 0 Å². The van der Waals surface area contributed by atoms with Gasteiger partial charge in [0.2, 0.25) is 0 Å². The number of fused-ring (bicyclic) bond motifs is 6. The van der Waals surface area contributed by atoms with Crippen molar-refractivity contribution >= 4 is 38.2 Å². The van der Waals surface area contributed by atoms with Gasteiger partial charge in [-0.3, -0.25) is 4.40 Å². The van der Waals surface area contributed by atoms with E-state index in [4.69, 9.17) is 0 Å². The number of hydrogen-bond donors (Lipinski definition) is 0. The van der Waals surface area contributed by atoms with Crippen molar-refractivity contribution in [1.82, 2.24) is 19.2 Å². The highest BCUT2D eigenvalue weighted by molar-refractivity contribution is 6.09. The summed E-state index contributed by atoms with van der Waals surface area (Å²) in [7, 11) is 0. The maximum atomic E-state index is 4.57. The number of benzene rings is 4. The van der Waals surface area contributed by atoms with Crippen LogP contribution < -0.4 is 0 Å². The van der Waals surface area contributed by atoms with Gasteiger partial charge in [0, 0.05) is 33.6 Å². The van der Waals surface area contributed by atoms with E-state index in [0.717, 1.165) is 34.5 Å². The Morgan fingerprint density at radius 2 is 1.45 bits per heavy atom. The van der Waals surface area contributed by atoms with Crippen molar-refractivity contribution in [1.29, 1.82) is 0 Å². The minimum Gasteiger partial charge on any atom is -0.309 e. The lowest BCUT2D eigenvalue weighted by Crippen LogP contribution is -2.10. The SMILES string of the molecule is CCc1ccc2c(c1)c1cc(C(C)(C)C)ccc1n2-c1ccc(-c2nnc3c4ccccc4ccn23)cc1. The smallest absolute Gasteiger partial charge is 0.168 e. The molecule has 4 heteroatoms. The summed E-state index contributed by atoms with van der Waals surface area (Å²) in [4.78, 5) is 0. The van der Waals surface area contributed by atoms with E-state index < -0.39 is 0 Å². The molecule has 0 bridgehead atoms. The fourth-order valence-electron chi connectivity index (χ4n) is 5.61. The van der Waals surface area contributed by atoms with Crippen LogP contribution in [0.25, 0.3) is 55.3 Å². The van der Waals surface area contributed by atoms with Gasteiger partial charge in [0.1, 0.15) is 0 Å². The lowest BCUT2D eigenvalue weighted by atomic mass is 9.86. The second kappa shape index (κ2) is 8.29. The Kier molecular flexibility index (Phi) is 4.96. The third-order valence-electron chi connectivity index (χ3n) is 7.79. The lowest BCUT2D eigenvalue weighted by Gasteiger charge is -2.19. The first kappa shape index (κ1) is 22.7. The van der Waals surface area contributed by atoms with Crippen molar-refractivity contribution in [3.63, 3.8) is 0 Å². The molecule has 186 valence electrons. The molecule has 0 aliphatic heterocycles. The summed E-state index contributed by atoms with van der Waals surface area (Å²) in [6.45, 7) is 9.05. The third kappa shape index (κ3) is 3.44. The molecule has 0 saturated carbocycles. The third-order valence-corrected chi connectivity index (χ3v) is 7.79. The van der Waals surface area contributed by atoms with Gasteiger partial charge in [0.25, 0.3) is 0 Å². The Morgan fingerprint density at radius 1 is 0.711 bits per heavy atom. The van der Waals surface area contributed by atoms with E-state index in [1.807, 2.05) is 6.07 Å². The predicted octanol–water partition coefficient (Wildman–Crippen LogP) is 8.51. The van der Waals surface area contributed by atoms with Crippen LogP contribution in [0.3, 0.4) is 0 Å². The molecule has 7 rings (SSSR count). The average Bonchev–Trinajstić information content (AvgIpc) is 3.51. The molecule has 0 unspecified atom stereocenters. The summed E-state index contributed by atoms with van der Waals surface area (Å²) in [6.07, 6.45) is 3.09. The quantitative estimate of drug-likeness (QED) is 0.247. The highest BCUT2D eigenvalue weighted by Crippen LogP contribution is 2.36. The number of hydrogen-bond acceptors (Lipinski definition) is 2. The molecule has 0 N–H and O–H groups in total. The second-order valence-electron chi connectivity index (χ2n) is 11.2. The molecule has 38 heavy (non-hydrogen) atoms. The monoisotopic (exact) mass is 494 g/mol. The normalized spacial score (nSPS) is 12.3. The molecule has 0 aliphatic carbocycles. The minimum atomic E-state index is 0.0962. The van der Waals surface area contributed by atoms with E-state index in [9.17, 15) is 0 Å². The molecule has 0 saturated heterocycles. The molecule has 0 aliphatic rings. The number of aromatic nitrogens is 4. The topological polar surface area (TPSA) is 35.1 Å². The van der Waals surface area contributed by atoms with Crippen LogP contribution >= 0.6 is 0 Å². The molecule has 0 spiro atoms. The van der Waals surface area contributed by atoms with Crippen LogP contribution in [0.5, 0.6) is 0 Å². The highest BCUT2D eigenvalue weighted by Gasteiger charge is 2.19. The van der Waals surface area contributed by atoms with Gasteiger partial charge in [-0.15, -0.1) is 10.2 Å². The Balaban J connectivity index is 1.39. The van der Waals surface area contributed by atoms with E-state index in [-0.39, 0.29) is 5.41 Å². The van der Waals surface area contributed by atoms with E-state index in [2.05, 4.69) is 138 Å². The van der Waals surface area contributed by atoms with Crippen molar-refractivity contribution in [2.45, 2.75) is 39.5 Å². The van der Waals surface area contributed by atoms with E-state index in [1.54, 1.807) is 0 Å². The number of rotatable bonds is 3. The summed E-state index contributed by atoms with van der Waals surface area (Å²) >= 11 is 0. The van der Waals surface area contributed by atoms with Crippen molar-refractivity contribution in [3.05, 3.63) is 108 Å². The summed E-state index contributed by atoms with van der Waals surface area (Å²) in [5.74, 6) is 0.849. The summed E-state index contributed by atoms with van der Waals surface area (Å²) < 4.78 is 4.47. The molecular formula is C34H30N4.